The Bertz CT molecular complexity index is 287. The van der Waals surface area contributed by atoms with E-state index in [1.807, 2.05) is 7.05 Å². The fraction of sp³-hybridized carbons (Fsp3) is 0.800. The molecule has 0 aliphatic carbocycles. The highest BCUT2D eigenvalue weighted by molar-refractivity contribution is 4.91. The van der Waals surface area contributed by atoms with E-state index in [4.69, 9.17) is 4.74 Å². The van der Waals surface area contributed by atoms with Crippen molar-refractivity contribution in [1.82, 2.24) is 20.1 Å². The topological polar surface area (TPSA) is 52.0 Å². The summed E-state index contributed by atoms with van der Waals surface area (Å²) in [5.41, 5.74) is 0. The van der Waals surface area contributed by atoms with Crippen LogP contribution in [-0.4, -0.2) is 40.6 Å². The summed E-state index contributed by atoms with van der Waals surface area (Å²) in [6, 6.07) is 0.280. The Labute approximate surface area is 90.8 Å². The molecule has 5 heteroatoms. The highest BCUT2D eigenvalue weighted by Gasteiger charge is 2.18. The van der Waals surface area contributed by atoms with E-state index in [-0.39, 0.29) is 12.1 Å². The smallest absolute Gasteiger partial charge is 0.138 e. The van der Waals surface area contributed by atoms with Crippen molar-refractivity contribution in [3.63, 3.8) is 0 Å². The van der Waals surface area contributed by atoms with Gasteiger partial charge in [0.25, 0.3) is 0 Å². The molecule has 2 unspecified atom stereocenters. The zero-order chi connectivity index (χ0) is 11.3. The highest BCUT2D eigenvalue weighted by Crippen LogP contribution is 2.04. The van der Waals surface area contributed by atoms with Crippen LogP contribution >= 0.6 is 0 Å². The second kappa shape index (κ2) is 5.82. The first-order valence-electron chi connectivity index (χ1n) is 5.28. The second-order valence-corrected chi connectivity index (χ2v) is 3.61. The normalized spacial score (nSPS) is 15.2. The van der Waals surface area contributed by atoms with Gasteiger partial charge in [-0.15, -0.1) is 0 Å². The van der Waals surface area contributed by atoms with E-state index in [2.05, 4.69) is 29.2 Å². The molecule has 0 radical (unpaired) electrons. The van der Waals surface area contributed by atoms with Crippen molar-refractivity contribution in [2.75, 3.05) is 13.7 Å². The predicted octanol–water partition coefficient (Wildman–Crippen LogP) is 0.371. The van der Waals surface area contributed by atoms with E-state index in [0.29, 0.717) is 0 Å². The number of nitrogens with one attached hydrogen (secondary N) is 1. The van der Waals surface area contributed by atoms with Crippen LogP contribution in [0.5, 0.6) is 0 Å². The number of rotatable bonds is 6. The summed E-state index contributed by atoms with van der Waals surface area (Å²) in [7, 11) is 3.63. The monoisotopic (exact) mass is 212 g/mol. The van der Waals surface area contributed by atoms with Gasteiger partial charge in [0, 0.05) is 26.6 Å². The van der Waals surface area contributed by atoms with Gasteiger partial charge in [-0.2, -0.15) is 5.10 Å². The maximum atomic E-state index is 5.33. The minimum absolute atomic E-state index is 0.168. The standard InChI is InChI=1S/C10H20N4O/c1-5-11-9(8(2)15-4)6-10-12-7-13-14(10)3/h7-9,11H,5-6H2,1-4H3. The van der Waals surface area contributed by atoms with Gasteiger partial charge in [0.15, 0.2) is 0 Å². The van der Waals surface area contributed by atoms with Crippen molar-refractivity contribution in [2.45, 2.75) is 32.4 Å². The van der Waals surface area contributed by atoms with E-state index in [1.54, 1.807) is 18.1 Å². The van der Waals surface area contributed by atoms with Gasteiger partial charge in [-0.1, -0.05) is 6.92 Å². The average molecular weight is 212 g/mol. The lowest BCUT2D eigenvalue weighted by atomic mass is 10.1. The zero-order valence-electron chi connectivity index (χ0n) is 9.90. The lowest BCUT2D eigenvalue weighted by molar-refractivity contribution is 0.0827. The fourth-order valence-corrected chi connectivity index (χ4v) is 1.53. The third-order valence-electron chi connectivity index (χ3n) is 2.61. The van der Waals surface area contributed by atoms with Crippen LogP contribution in [0.15, 0.2) is 6.33 Å². The third kappa shape index (κ3) is 3.28. The maximum absolute atomic E-state index is 5.33. The van der Waals surface area contributed by atoms with Crippen LogP contribution in [0, 0.1) is 0 Å². The Balaban J connectivity index is 2.62. The molecule has 0 fully saturated rings. The van der Waals surface area contributed by atoms with Crippen molar-refractivity contribution < 1.29 is 4.74 Å². The first-order chi connectivity index (χ1) is 7.19. The van der Waals surface area contributed by atoms with Crippen LogP contribution in [0.2, 0.25) is 0 Å². The molecule has 0 saturated carbocycles. The molecule has 0 aliphatic rings. The van der Waals surface area contributed by atoms with Gasteiger partial charge in [-0.3, -0.25) is 4.68 Å². The van der Waals surface area contributed by atoms with E-state index in [9.17, 15) is 0 Å². The van der Waals surface area contributed by atoms with Gasteiger partial charge in [0.1, 0.15) is 12.2 Å². The number of hydrogen-bond donors (Lipinski definition) is 1. The second-order valence-electron chi connectivity index (χ2n) is 3.61. The highest BCUT2D eigenvalue weighted by atomic mass is 16.5. The predicted molar refractivity (Wildman–Crippen MR) is 58.6 cm³/mol. The van der Waals surface area contributed by atoms with Gasteiger partial charge in [0.05, 0.1) is 6.10 Å². The molecule has 0 saturated heterocycles. The van der Waals surface area contributed by atoms with Crippen LogP contribution in [0.4, 0.5) is 0 Å². The molecule has 0 spiro atoms. The van der Waals surface area contributed by atoms with E-state index < -0.39 is 0 Å². The molecule has 1 rings (SSSR count). The summed E-state index contributed by atoms with van der Waals surface area (Å²) >= 11 is 0. The van der Waals surface area contributed by atoms with Crippen LogP contribution in [0.1, 0.15) is 19.7 Å². The number of aromatic nitrogens is 3. The number of ether oxygens (including phenoxy) is 1. The summed E-state index contributed by atoms with van der Waals surface area (Å²) in [6.07, 6.45) is 2.58. The molecular formula is C10H20N4O. The molecule has 0 aromatic carbocycles. The quantitative estimate of drug-likeness (QED) is 0.740. The average Bonchev–Trinajstić information content (AvgIpc) is 2.63. The number of aryl methyl sites for hydroxylation is 1. The number of hydrogen-bond acceptors (Lipinski definition) is 4. The molecule has 5 nitrogen and oxygen atoms in total. The molecule has 1 heterocycles. The minimum atomic E-state index is 0.168. The molecule has 0 amide bonds. The summed E-state index contributed by atoms with van der Waals surface area (Å²) in [4.78, 5) is 4.21. The summed E-state index contributed by atoms with van der Waals surface area (Å²) in [5, 5.41) is 7.44. The summed E-state index contributed by atoms with van der Waals surface area (Å²) < 4.78 is 7.13. The van der Waals surface area contributed by atoms with Crippen LogP contribution < -0.4 is 5.32 Å². The molecule has 1 aromatic heterocycles. The number of methoxy groups -OCH3 is 1. The SMILES string of the molecule is CCNC(Cc1ncnn1C)C(C)OC. The lowest BCUT2D eigenvalue weighted by Crippen LogP contribution is -2.41. The van der Waals surface area contributed by atoms with Gasteiger partial charge >= 0.3 is 0 Å². The maximum Gasteiger partial charge on any atom is 0.138 e. The molecule has 0 aliphatic heterocycles. The van der Waals surface area contributed by atoms with Gasteiger partial charge < -0.3 is 10.1 Å². The molecular weight excluding hydrogens is 192 g/mol. The first-order valence-corrected chi connectivity index (χ1v) is 5.28. The molecule has 86 valence electrons. The summed E-state index contributed by atoms with van der Waals surface area (Å²) in [5.74, 6) is 0.977. The van der Waals surface area contributed by atoms with E-state index in [1.165, 1.54) is 0 Å². The Morgan fingerprint density at radius 2 is 2.33 bits per heavy atom. The molecule has 1 aromatic rings. The minimum Gasteiger partial charge on any atom is -0.380 e. The van der Waals surface area contributed by atoms with Gasteiger partial charge in [-0.25, -0.2) is 4.98 Å². The molecule has 0 bridgehead atoms. The number of likely N-dealkylation sites (N-methyl/N-ethyl adjacent to an activating group) is 1. The fourth-order valence-electron chi connectivity index (χ4n) is 1.53. The van der Waals surface area contributed by atoms with Crippen LogP contribution in [0.25, 0.3) is 0 Å². The lowest BCUT2D eigenvalue weighted by Gasteiger charge is -2.23. The zero-order valence-corrected chi connectivity index (χ0v) is 9.90. The first kappa shape index (κ1) is 12.1. The van der Waals surface area contributed by atoms with Crippen molar-refractivity contribution in [3.05, 3.63) is 12.2 Å². The third-order valence-corrected chi connectivity index (χ3v) is 2.61. The van der Waals surface area contributed by atoms with Crippen LogP contribution in [-0.2, 0) is 18.2 Å². The van der Waals surface area contributed by atoms with Gasteiger partial charge in [-0.05, 0) is 13.5 Å². The van der Waals surface area contributed by atoms with E-state index in [0.717, 1.165) is 18.8 Å². The van der Waals surface area contributed by atoms with Gasteiger partial charge in [0.2, 0.25) is 0 Å². The Hall–Kier alpha value is -0.940. The molecule has 2 atom stereocenters. The van der Waals surface area contributed by atoms with E-state index >= 15 is 0 Å². The Kier molecular flexibility index (Phi) is 4.71. The van der Waals surface area contributed by atoms with Crippen molar-refractivity contribution >= 4 is 0 Å². The summed E-state index contributed by atoms with van der Waals surface area (Å²) in [6.45, 7) is 5.08. The van der Waals surface area contributed by atoms with Crippen LogP contribution in [0.3, 0.4) is 0 Å². The largest absolute Gasteiger partial charge is 0.380 e. The van der Waals surface area contributed by atoms with Crippen molar-refractivity contribution in [3.8, 4) is 0 Å². The number of nitrogens with zero attached hydrogens (tertiary/aromatic N) is 3. The Morgan fingerprint density at radius 3 is 2.80 bits per heavy atom. The molecule has 1 N–H and O–H groups in total. The molecule has 15 heavy (non-hydrogen) atoms. The van der Waals surface area contributed by atoms with Crippen molar-refractivity contribution in [2.24, 2.45) is 7.05 Å². The van der Waals surface area contributed by atoms with Crippen molar-refractivity contribution in [1.29, 1.82) is 0 Å². The Morgan fingerprint density at radius 1 is 1.60 bits per heavy atom.